The normalized spacial score (nSPS) is 22.7. The van der Waals surface area contributed by atoms with Gasteiger partial charge in [-0.3, -0.25) is 4.90 Å². The number of alkyl halides is 1. The summed E-state index contributed by atoms with van der Waals surface area (Å²) in [7, 11) is 0. The third-order valence-corrected chi connectivity index (χ3v) is 10.7. The van der Waals surface area contributed by atoms with Crippen molar-refractivity contribution in [3.05, 3.63) is 53.1 Å². The number of phenols is 1. The first-order valence-electron chi connectivity index (χ1n) is 16.9. The van der Waals surface area contributed by atoms with E-state index in [1.165, 1.54) is 24.3 Å². The number of anilines is 1. The molecule has 4 aliphatic rings. The molecule has 0 radical (unpaired) electrons. The zero-order chi connectivity index (χ0) is 33.5. The number of likely N-dealkylation sites (tertiary alicyclic amines) is 1. The highest BCUT2D eigenvalue weighted by atomic mass is 19.1. The Kier molecular flexibility index (Phi) is 7.31. The topological polar surface area (TPSA) is 73.8 Å². The van der Waals surface area contributed by atoms with Gasteiger partial charge < -0.3 is 20.1 Å². The minimum atomic E-state index is -1.15. The van der Waals surface area contributed by atoms with Crippen LogP contribution in [0.2, 0.25) is 0 Å². The number of halogens is 3. The average Bonchev–Trinajstić information content (AvgIpc) is 3.72. The molecule has 250 valence electrons. The summed E-state index contributed by atoms with van der Waals surface area (Å²) in [5.74, 6) is 1.63. The van der Waals surface area contributed by atoms with Gasteiger partial charge in [-0.25, -0.2) is 13.2 Å². The summed E-state index contributed by atoms with van der Waals surface area (Å²) < 4.78 is 53.0. The van der Waals surface area contributed by atoms with Gasteiger partial charge in [-0.05, 0) is 79.3 Å². The lowest BCUT2D eigenvalue weighted by molar-refractivity contribution is -0.0329. The Labute approximate surface area is 278 Å². The van der Waals surface area contributed by atoms with Crippen molar-refractivity contribution >= 4 is 27.5 Å². The minimum Gasteiger partial charge on any atom is -0.508 e. The number of fused-ring (bicyclic) bond motifs is 4. The van der Waals surface area contributed by atoms with Crippen molar-refractivity contribution in [2.45, 2.75) is 70.1 Å². The van der Waals surface area contributed by atoms with Crippen molar-refractivity contribution in [3.8, 4) is 35.2 Å². The molecule has 7 nitrogen and oxygen atoms in total. The highest BCUT2D eigenvalue weighted by molar-refractivity contribution is 6.05. The third-order valence-electron chi connectivity index (χ3n) is 10.7. The molecule has 1 saturated carbocycles. The highest BCUT2D eigenvalue weighted by Crippen LogP contribution is 2.48. The number of hydrogen-bond acceptors (Lipinski definition) is 7. The molecule has 2 atom stereocenters. The van der Waals surface area contributed by atoms with Gasteiger partial charge in [-0.15, -0.1) is 6.42 Å². The lowest BCUT2D eigenvalue weighted by Crippen LogP contribution is -2.58. The van der Waals surface area contributed by atoms with E-state index >= 15 is 8.78 Å². The molecular formula is C38H40F3N5O2. The molecule has 3 aliphatic heterocycles. The molecule has 48 heavy (non-hydrogen) atoms. The zero-order valence-corrected chi connectivity index (χ0v) is 27.5. The maximum atomic E-state index is 17.4. The van der Waals surface area contributed by atoms with Gasteiger partial charge in [0.15, 0.2) is 5.82 Å². The van der Waals surface area contributed by atoms with Crippen LogP contribution < -0.4 is 15.0 Å². The zero-order valence-electron chi connectivity index (χ0n) is 27.5. The van der Waals surface area contributed by atoms with Crippen LogP contribution in [-0.4, -0.2) is 77.1 Å². The molecule has 4 fully saturated rings. The van der Waals surface area contributed by atoms with E-state index in [2.05, 4.69) is 21.0 Å². The first-order chi connectivity index (χ1) is 22.9. The summed E-state index contributed by atoms with van der Waals surface area (Å²) in [5, 5.41) is 15.9. The second-order valence-corrected chi connectivity index (χ2v) is 15.1. The van der Waals surface area contributed by atoms with Crippen molar-refractivity contribution in [3.63, 3.8) is 0 Å². The SMILES string of the molecule is C#Cc1c(F)ccc2cc(O)cc(-c3c(C(C)C)cc4c(N5CC6CCC(C5)N6)nc(OCC5(CN6CC(C)(F)C6)CC5)nc4c3F)c12. The van der Waals surface area contributed by atoms with Crippen molar-refractivity contribution in [2.75, 3.05) is 44.2 Å². The van der Waals surface area contributed by atoms with Crippen molar-refractivity contribution < 1.29 is 23.0 Å². The molecule has 2 unspecified atom stereocenters. The minimum absolute atomic E-state index is 0.00500. The summed E-state index contributed by atoms with van der Waals surface area (Å²) >= 11 is 0. The second-order valence-electron chi connectivity index (χ2n) is 15.1. The number of aromatic nitrogens is 2. The van der Waals surface area contributed by atoms with E-state index in [9.17, 15) is 9.50 Å². The largest absolute Gasteiger partial charge is 0.508 e. The van der Waals surface area contributed by atoms with Crippen LogP contribution in [-0.2, 0) is 0 Å². The molecular weight excluding hydrogens is 615 g/mol. The van der Waals surface area contributed by atoms with E-state index in [-0.39, 0.29) is 39.7 Å². The monoisotopic (exact) mass is 655 g/mol. The first kappa shape index (κ1) is 31.2. The van der Waals surface area contributed by atoms with Crippen LogP contribution in [0, 0.1) is 29.4 Å². The summed E-state index contributed by atoms with van der Waals surface area (Å²) in [6.45, 7) is 8.95. The van der Waals surface area contributed by atoms with Gasteiger partial charge in [0.25, 0.3) is 0 Å². The predicted octanol–water partition coefficient (Wildman–Crippen LogP) is 6.68. The number of hydrogen-bond donors (Lipinski definition) is 2. The molecule has 4 heterocycles. The molecule has 2 N–H and O–H groups in total. The van der Waals surface area contributed by atoms with Crippen LogP contribution in [0.5, 0.6) is 11.8 Å². The fourth-order valence-corrected chi connectivity index (χ4v) is 8.19. The predicted molar refractivity (Wildman–Crippen MR) is 181 cm³/mol. The Morgan fingerprint density at radius 1 is 1.10 bits per heavy atom. The number of phenolic OH excluding ortho intramolecular Hbond substituents is 1. The van der Waals surface area contributed by atoms with E-state index in [1.807, 2.05) is 19.9 Å². The van der Waals surface area contributed by atoms with Gasteiger partial charge >= 0.3 is 6.01 Å². The molecule has 4 aromatic rings. The number of ether oxygens (including phenoxy) is 1. The molecule has 10 heteroatoms. The third kappa shape index (κ3) is 5.41. The molecule has 8 rings (SSSR count). The Morgan fingerprint density at radius 3 is 2.48 bits per heavy atom. The van der Waals surface area contributed by atoms with Gasteiger partial charge in [0.05, 0.1) is 12.2 Å². The van der Waals surface area contributed by atoms with E-state index in [0.717, 1.165) is 45.3 Å². The molecule has 3 aromatic carbocycles. The smallest absolute Gasteiger partial charge is 0.319 e. The number of rotatable bonds is 8. The van der Waals surface area contributed by atoms with E-state index in [0.29, 0.717) is 64.9 Å². The van der Waals surface area contributed by atoms with Crippen LogP contribution >= 0.6 is 0 Å². The van der Waals surface area contributed by atoms with Crippen LogP contribution in [0.3, 0.4) is 0 Å². The summed E-state index contributed by atoms with van der Waals surface area (Å²) in [6, 6.07) is 8.40. The fraction of sp³-hybridized carbons (Fsp3) is 0.474. The number of benzene rings is 3. The second kappa shape index (κ2) is 11.2. The number of nitrogens with one attached hydrogen (secondary N) is 1. The number of aromatic hydroxyl groups is 1. The van der Waals surface area contributed by atoms with Crippen molar-refractivity contribution in [2.24, 2.45) is 5.41 Å². The van der Waals surface area contributed by atoms with Crippen molar-refractivity contribution in [1.82, 2.24) is 20.2 Å². The highest BCUT2D eigenvalue weighted by Gasteiger charge is 2.49. The molecule has 0 amide bonds. The lowest BCUT2D eigenvalue weighted by Gasteiger charge is -2.43. The quantitative estimate of drug-likeness (QED) is 0.205. The van der Waals surface area contributed by atoms with Crippen LogP contribution in [0.25, 0.3) is 32.8 Å². The summed E-state index contributed by atoms with van der Waals surface area (Å²) in [6.07, 6.45) is 9.85. The van der Waals surface area contributed by atoms with Gasteiger partial charge in [0, 0.05) is 66.6 Å². The molecule has 0 spiro atoms. The Bertz CT molecular complexity index is 1980. The number of terminal acetylenes is 1. The Balaban J connectivity index is 1.28. The molecule has 2 bridgehead atoms. The van der Waals surface area contributed by atoms with Crippen LogP contribution in [0.15, 0.2) is 30.3 Å². The van der Waals surface area contributed by atoms with E-state index in [1.54, 1.807) is 6.92 Å². The number of nitrogens with zero attached hydrogens (tertiary/aromatic N) is 4. The van der Waals surface area contributed by atoms with Gasteiger partial charge in [0.1, 0.15) is 28.6 Å². The first-order valence-corrected chi connectivity index (χ1v) is 16.9. The molecule has 1 aromatic heterocycles. The van der Waals surface area contributed by atoms with Gasteiger partial charge in [0.2, 0.25) is 0 Å². The standard InChI is InChI=1S/C38H40F3N5O2/c1-5-26-30(39)9-6-22-12-25(47)13-28(31(22)26)32-27(21(2)3)14-29-34(33(32)40)43-36(44-35(29)46-15-23-7-8-24(16-46)42-23)48-20-38(10-11-38)19-45-17-37(4,41)18-45/h1,6,9,12-14,21,23-24,42,47H,7-8,10-11,15-20H2,2-4H3. The molecule has 3 saturated heterocycles. The summed E-state index contributed by atoms with van der Waals surface area (Å²) in [4.78, 5) is 14.0. The number of piperazine rings is 1. The lowest BCUT2D eigenvalue weighted by atomic mass is 9.86. The Hall–Kier alpha value is -4.07. The maximum absolute atomic E-state index is 17.4. The van der Waals surface area contributed by atoms with Crippen LogP contribution in [0.1, 0.15) is 63.5 Å². The van der Waals surface area contributed by atoms with Gasteiger partial charge in [-0.2, -0.15) is 9.97 Å². The van der Waals surface area contributed by atoms with Gasteiger partial charge in [-0.1, -0.05) is 25.8 Å². The molecule has 1 aliphatic carbocycles. The summed E-state index contributed by atoms with van der Waals surface area (Å²) in [5.41, 5.74) is 0.0266. The van der Waals surface area contributed by atoms with Crippen molar-refractivity contribution in [1.29, 1.82) is 0 Å². The Morgan fingerprint density at radius 2 is 1.83 bits per heavy atom. The van der Waals surface area contributed by atoms with E-state index in [4.69, 9.17) is 21.1 Å². The maximum Gasteiger partial charge on any atom is 0.319 e. The average molecular weight is 656 g/mol. The van der Waals surface area contributed by atoms with E-state index < -0.39 is 17.3 Å². The fourth-order valence-electron chi connectivity index (χ4n) is 8.19. The van der Waals surface area contributed by atoms with Crippen LogP contribution in [0.4, 0.5) is 19.0 Å².